The van der Waals surface area contributed by atoms with Crippen molar-refractivity contribution in [3.63, 3.8) is 0 Å². The number of hydrogen-bond donors (Lipinski definition) is 2. The van der Waals surface area contributed by atoms with E-state index in [0.717, 1.165) is 44.1 Å². The molecule has 11 atom stereocenters. The average molecular weight is 853 g/mol. The van der Waals surface area contributed by atoms with Crippen LogP contribution in [0.1, 0.15) is 208 Å². The molecule has 3 aliphatic heterocycles. The van der Waals surface area contributed by atoms with E-state index in [1.807, 2.05) is 13.0 Å². The van der Waals surface area contributed by atoms with E-state index in [2.05, 4.69) is 33.4 Å². The van der Waals surface area contributed by atoms with Gasteiger partial charge in [-0.2, -0.15) is 0 Å². The van der Waals surface area contributed by atoms with Gasteiger partial charge in [0.25, 0.3) is 0 Å². The molecule has 9 nitrogen and oxygen atoms in total. The first-order valence-electron chi connectivity index (χ1n) is 25.3. The number of carbonyl (C=O) groups is 2. The van der Waals surface area contributed by atoms with Gasteiger partial charge in [-0.25, -0.2) is 0 Å². The quantitative estimate of drug-likeness (QED) is 0.0314. The van der Waals surface area contributed by atoms with E-state index >= 15 is 0 Å². The van der Waals surface area contributed by atoms with E-state index in [-0.39, 0.29) is 24.9 Å². The van der Waals surface area contributed by atoms with Crippen LogP contribution < -0.4 is 0 Å². The van der Waals surface area contributed by atoms with Gasteiger partial charge in [-0.1, -0.05) is 181 Å². The fourth-order valence-electron chi connectivity index (χ4n) is 12.1. The van der Waals surface area contributed by atoms with Crippen molar-refractivity contribution in [1.82, 2.24) is 0 Å². The lowest BCUT2D eigenvalue weighted by atomic mass is 9.54. The summed E-state index contributed by atoms with van der Waals surface area (Å²) in [6.07, 6.45) is 34.2. The first-order chi connectivity index (χ1) is 29.4. The number of aliphatic hydroxyl groups excluding tert-OH is 1. The number of ether oxygens (including phenoxy) is 5. The number of esters is 1. The SMILES string of the molecule is C=C(C)[C@]12C[C@@H](C)[C@@]34O[C@](/C=C/CCCCCCCCCCCCC)(O[C@@H]1[C@@H]3[C@@H]1O[C@]1(COC(=O)CCCCCCCCCCCCCCC)[C@@H](O)[C@]1(O)C(=O)C(C)=C[C@H]14)O2. The van der Waals surface area contributed by atoms with Gasteiger partial charge in [0.1, 0.15) is 30.5 Å². The number of ketones is 1. The van der Waals surface area contributed by atoms with Crippen LogP contribution in [0.5, 0.6) is 0 Å². The molecule has 6 aliphatic rings. The van der Waals surface area contributed by atoms with Crippen LogP contribution in [0.2, 0.25) is 0 Å². The van der Waals surface area contributed by atoms with Gasteiger partial charge in [0, 0.05) is 24.3 Å². The Balaban J connectivity index is 1.07. The molecule has 3 bridgehead atoms. The zero-order valence-corrected chi connectivity index (χ0v) is 39.0. The maximum Gasteiger partial charge on any atom is 0.306 e. The molecule has 61 heavy (non-hydrogen) atoms. The average Bonchev–Trinajstić information content (AvgIpc) is 3.86. The predicted octanol–water partition coefficient (Wildman–Crippen LogP) is 11.5. The summed E-state index contributed by atoms with van der Waals surface area (Å²) < 4.78 is 33.5. The van der Waals surface area contributed by atoms with Crippen molar-refractivity contribution < 1.29 is 43.5 Å². The van der Waals surface area contributed by atoms with Gasteiger partial charge in [0.2, 0.25) is 0 Å². The molecule has 2 N–H and O–H groups in total. The zero-order chi connectivity index (χ0) is 43.7. The first kappa shape index (κ1) is 48.6. The molecule has 0 aromatic heterocycles. The standard InChI is InChI=1S/C52H84O9/c1-7-9-11-13-15-17-19-21-23-25-27-29-31-33-42(53)57-37-49-46(58-49)43-45-48(38(3)4)36-40(6)52(43,41-35-39(5)44(54)51(41,56)47(49)55)61-50(59-45,60-48)34-32-30-28-26-24-22-20-18-16-14-12-10-8-2/h32,34-35,40-41,43,45-47,55-56H,3,7-31,33,36-37H2,1-2,4-6H3/b34-32+/t40-,41-,43-,45-,46+,47-,48-,49+,50-,51-,52+/m1/s1. The van der Waals surface area contributed by atoms with Crippen LogP contribution in [0.3, 0.4) is 0 Å². The van der Waals surface area contributed by atoms with Gasteiger partial charge >= 0.3 is 11.9 Å². The Bertz CT molecular complexity index is 1540. The first-order valence-corrected chi connectivity index (χ1v) is 25.3. The molecule has 3 saturated heterocycles. The normalized spacial score (nSPS) is 36.8. The minimum Gasteiger partial charge on any atom is -0.462 e. The third kappa shape index (κ3) is 9.88. The van der Waals surface area contributed by atoms with Crippen molar-refractivity contribution in [1.29, 1.82) is 0 Å². The number of aliphatic hydroxyl groups is 2. The molecule has 0 aromatic carbocycles. The summed E-state index contributed by atoms with van der Waals surface area (Å²) in [5.41, 5.74) is -4.75. The summed E-state index contributed by atoms with van der Waals surface area (Å²) in [7, 11) is 0. The molecule has 2 saturated carbocycles. The topological polar surface area (TPSA) is 124 Å². The van der Waals surface area contributed by atoms with Crippen LogP contribution in [0.15, 0.2) is 36.0 Å². The summed E-state index contributed by atoms with van der Waals surface area (Å²) in [6, 6.07) is 0. The summed E-state index contributed by atoms with van der Waals surface area (Å²) in [4.78, 5) is 27.3. The van der Waals surface area contributed by atoms with Gasteiger partial charge < -0.3 is 33.9 Å². The monoisotopic (exact) mass is 853 g/mol. The second-order valence-electron chi connectivity index (χ2n) is 20.3. The number of unbranched alkanes of at least 4 members (excludes halogenated alkanes) is 23. The number of epoxide rings is 1. The van der Waals surface area contributed by atoms with Gasteiger partial charge in [-0.05, 0) is 56.6 Å². The lowest BCUT2D eigenvalue weighted by Gasteiger charge is -2.59. The van der Waals surface area contributed by atoms with Crippen LogP contribution in [0, 0.1) is 17.8 Å². The van der Waals surface area contributed by atoms with Crippen LogP contribution in [0.4, 0.5) is 0 Å². The van der Waals surface area contributed by atoms with Crippen molar-refractivity contribution in [2.75, 3.05) is 6.61 Å². The van der Waals surface area contributed by atoms with Crippen LogP contribution >= 0.6 is 0 Å². The lowest BCUT2D eigenvalue weighted by Crippen LogP contribution is -2.72. The molecule has 0 amide bonds. The molecule has 9 heteroatoms. The molecule has 0 unspecified atom stereocenters. The van der Waals surface area contributed by atoms with Crippen molar-refractivity contribution in [2.45, 2.75) is 255 Å². The number of allylic oxidation sites excluding steroid dienone is 1. The highest BCUT2D eigenvalue weighted by Crippen LogP contribution is 2.72. The predicted molar refractivity (Wildman–Crippen MR) is 240 cm³/mol. The maximum atomic E-state index is 14.1. The molecular formula is C52H84O9. The number of hydrogen-bond acceptors (Lipinski definition) is 9. The summed E-state index contributed by atoms with van der Waals surface area (Å²) in [5.74, 6) is -4.22. The van der Waals surface area contributed by atoms with Gasteiger partial charge in [-0.15, -0.1) is 0 Å². The van der Waals surface area contributed by atoms with E-state index in [1.165, 1.54) is 122 Å². The molecular weight excluding hydrogens is 769 g/mol. The second kappa shape index (κ2) is 21.4. The van der Waals surface area contributed by atoms with Crippen LogP contribution in [-0.4, -0.2) is 75.3 Å². The Morgan fingerprint density at radius 3 is 1.87 bits per heavy atom. The van der Waals surface area contributed by atoms with Gasteiger partial charge in [-0.3, -0.25) is 9.59 Å². The van der Waals surface area contributed by atoms with Crippen molar-refractivity contribution in [3.05, 3.63) is 36.0 Å². The molecule has 5 fully saturated rings. The number of rotatable bonds is 30. The van der Waals surface area contributed by atoms with E-state index in [0.29, 0.717) is 12.0 Å². The molecule has 0 spiro atoms. The summed E-state index contributed by atoms with van der Waals surface area (Å²) >= 11 is 0. The Hall–Kier alpha value is -1.88. The van der Waals surface area contributed by atoms with Crippen molar-refractivity contribution in [2.24, 2.45) is 17.8 Å². The van der Waals surface area contributed by atoms with Crippen molar-refractivity contribution >= 4 is 11.8 Å². The Morgan fingerprint density at radius 2 is 1.33 bits per heavy atom. The third-order valence-corrected chi connectivity index (χ3v) is 15.7. The second-order valence-corrected chi connectivity index (χ2v) is 20.3. The summed E-state index contributed by atoms with van der Waals surface area (Å²) in [5, 5.41) is 25.0. The fraction of sp³-hybridized carbons (Fsp3) is 0.846. The minimum absolute atomic E-state index is 0.256. The number of carbonyl (C=O) groups excluding carboxylic acids is 2. The van der Waals surface area contributed by atoms with Gasteiger partial charge in [0.15, 0.2) is 17.0 Å². The smallest absolute Gasteiger partial charge is 0.306 e. The molecule has 346 valence electrons. The summed E-state index contributed by atoms with van der Waals surface area (Å²) in [6.45, 7) is 14.4. The minimum atomic E-state index is -2.26. The maximum absolute atomic E-state index is 14.1. The van der Waals surface area contributed by atoms with Crippen LogP contribution in [-0.2, 0) is 33.3 Å². The molecule has 0 radical (unpaired) electrons. The largest absolute Gasteiger partial charge is 0.462 e. The molecule has 6 rings (SSSR count). The highest BCUT2D eigenvalue weighted by Gasteiger charge is 2.88. The van der Waals surface area contributed by atoms with E-state index in [4.69, 9.17) is 23.7 Å². The molecule has 3 aliphatic carbocycles. The Labute approximate surface area is 369 Å². The van der Waals surface area contributed by atoms with Crippen LogP contribution in [0.25, 0.3) is 0 Å². The third-order valence-electron chi connectivity index (χ3n) is 15.7. The van der Waals surface area contributed by atoms with E-state index in [1.54, 1.807) is 13.0 Å². The number of Topliss-reactive ketones (excluding diaryl/α,β-unsaturated/α-hetero) is 1. The zero-order valence-electron chi connectivity index (χ0n) is 39.0. The highest BCUT2D eigenvalue weighted by atomic mass is 16.9. The lowest BCUT2D eigenvalue weighted by molar-refractivity contribution is -0.406. The highest BCUT2D eigenvalue weighted by molar-refractivity contribution is 6.05. The Morgan fingerprint density at radius 1 is 0.803 bits per heavy atom. The van der Waals surface area contributed by atoms with E-state index < -0.39 is 64.3 Å². The van der Waals surface area contributed by atoms with Gasteiger partial charge in [0.05, 0.1) is 5.60 Å². The van der Waals surface area contributed by atoms with E-state index in [9.17, 15) is 19.8 Å². The number of fused-ring (bicyclic) bond motifs is 3. The molecule has 3 heterocycles. The molecule has 0 aromatic rings. The fourth-order valence-corrected chi connectivity index (χ4v) is 12.1. The Kier molecular flexibility index (Phi) is 17.0. The van der Waals surface area contributed by atoms with Crippen molar-refractivity contribution in [3.8, 4) is 0 Å².